The highest BCUT2D eigenvalue weighted by atomic mass is 16.1. The van der Waals surface area contributed by atoms with Crippen molar-refractivity contribution < 1.29 is 0 Å². The molecule has 1 aliphatic carbocycles. The summed E-state index contributed by atoms with van der Waals surface area (Å²) in [6.07, 6.45) is 5.23. The van der Waals surface area contributed by atoms with Crippen LogP contribution in [0.2, 0.25) is 0 Å². The molecule has 0 aliphatic heterocycles. The lowest BCUT2D eigenvalue weighted by Gasteiger charge is -2.41. The summed E-state index contributed by atoms with van der Waals surface area (Å²) in [7, 11) is 0. The lowest BCUT2D eigenvalue weighted by molar-refractivity contribution is 0.124. The fraction of sp³-hybridized carbons (Fsp3) is 0.471. The van der Waals surface area contributed by atoms with Crippen molar-refractivity contribution in [1.82, 2.24) is 10.3 Å². The lowest BCUT2D eigenvalue weighted by atomic mass is 9.67. The quantitative estimate of drug-likeness (QED) is 0.876. The summed E-state index contributed by atoms with van der Waals surface area (Å²) in [4.78, 5) is 15.0. The van der Waals surface area contributed by atoms with Crippen LogP contribution in [0.25, 0.3) is 10.9 Å². The first kappa shape index (κ1) is 13.4. The summed E-state index contributed by atoms with van der Waals surface area (Å²) in [6, 6.07) is 9.92. The topological polar surface area (TPSA) is 44.9 Å². The molecule has 1 saturated carbocycles. The molecule has 1 aliphatic rings. The molecule has 0 saturated heterocycles. The van der Waals surface area contributed by atoms with E-state index in [9.17, 15) is 4.79 Å². The van der Waals surface area contributed by atoms with Gasteiger partial charge >= 0.3 is 0 Å². The molecular weight excluding hydrogens is 248 g/mol. The van der Waals surface area contributed by atoms with Gasteiger partial charge in [-0.05, 0) is 42.2 Å². The van der Waals surface area contributed by atoms with Gasteiger partial charge in [-0.2, -0.15) is 0 Å². The van der Waals surface area contributed by atoms with Crippen LogP contribution >= 0.6 is 0 Å². The van der Waals surface area contributed by atoms with Gasteiger partial charge < -0.3 is 10.3 Å². The molecule has 3 rings (SSSR count). The Morgan fingerprint density at radius 3 is 2.80 bits per heavy atom. The summed E-state index contributed by atoms with van der Waals surface area (Å²) in [5.74, 6) is 0. The van der Waals surface area contributed by atoms with Gasteiger partial charge in [-0.15, -0.1) is 0 Å². The van der Waals surface area contributed by atoms with Crippen LogP contribution in [0.4, 0.5) is 0 Å². The maximum Gasteiger partial charge on any atom is 0.252 e. The molecule has 0 radical (unpaired) electrons. The average molecular weight is 270 g/mol. The van der Waals surface area contributed by atoms with Gasteiger partial charge in [0.2, 0.25) is 0 Å². The molecule has 1 aromatic carbocycles. The van der Waals surface area contributed by atoms with Gasteiger partial charge in [-0.1, -0.05) is 31.5 Å². The van der Waals surface area contributed by atoms with E-state index in [4.69, 9.17) is 0 Å². The number of hydrogen-bond acceptors (Lipinski definition) is 2. The van der Waals surface area contributed by atoms with E-state index in [1.54, 1.807) is 0 Å². The summed E-state index contributed by atoms with van der Waals surface area (Å²) in [6.45, 7) is 3.95. The average Bonchev–Trinajstić information content (AvgIpc) is 2.42. The second kappa shape index (κ2) is 5.41. The summed E-state index contributed by atoms with van der Waals surface area (Å²) in [5, 5.41) is 4.58. The largest absolute Gasteiger partial charge is 0.322 e. The molecule has 3 heteroatoms. The van der Waals surface area contributed by atoms with Crippen LogP contribution in [0.3, 0.4) is 0 Å². The van der Waals surface area contributed by atoms with Crippen molar-refractivity contribution >= 4 is 10.9 Å². The van der Waals surface area contributed by atoms with E-state index in [1.807, 2.05) is 30.3 Å². The summed E-state index contributed by atoms with van der Waals surface area (Å²) < 4.78 is 0. The molecule has 20 heavy (non-hydrogen) atoms. The molecule has 106 valence electrons. The number of rotatable bonds is 5. The first-order valence-corrected chi connectivity index (χ1v) is 7.54. The Hall–Kier alpha value is -1.61. The van der Waals surface area contributed by atoms with Gasteiger partial charge in [0.25, 0.3) is 5.56 Å². The first-order valence-electron chi connectivity index (χ1n) is 7.54. The maximum atomic E-state index is 12.0. The smallest absolute Gasteiger partial charge is 0.252 e. The zero-order chi connectivity index (χ0) is 14.0. The van der Waals surface area contributed by atoms with Gasteiger partial charge in [0.15, 0.2) is 0 Å². The summed E-state index contributed by atoms with van der Waals surface area (Å²) in [5.41, 5.74) is 2.25. The van der Waals surface area contributed by atoms with Crippen molar-refractivity contribution in [3.8, 4) is 0 Å². The van der Waals surface area contributed by atoms with E-state index in [1.165, 1.54) is 25.7 Å². The molecule has 2 N–H and O–H groups in total. The highest BCUT2D eigenvalue weighted by Gasteiger charge is 2.34. The number of para-hydroxylation sites is 1. The Bertz CT molecular complexity index is 650. The minimum absolute atomic E-state index is 0.0235. The van der Waals surface area contributed by atoms with E-state index < -0.39 is 0 Å². The monoisotopic (exact) mass is 270 g/mol. The fourth-order valence-corrected chi connectivity index (χ4v) is 3.12. The number of hydrogen-bond donors (Lipinski definition) is 2. The second-order valence-corrected chi connectivity index (χ2v) is 6.02. The number of aromatic nitrogens is 1. The van der Waals surface area contributed by atoms with E-state index in [0.29, 0.717) is 12.0 Å². The summed E-state index contributed by atoms with van der Waals surface area (Å²) >= 11 is 0. The zero-order valence-corrected chi connectivity index (χ0v) is 12.0. The van der Waals surface area contributed by atoms with Crippen LogP contribution < -0.4 is 10.9 Å². The highest BCUT2D eigenvalue weighted by molar-refractivity contribution is 5.78. The Balaban J connectivity index is 1.71. The third kappa shape index (κ3) is 2.50. The molecule has 0 atom stereocenters. The van der Waals surface area contributed by atoms with Gasteiger partial charge in [-0.3, -0.25) is 4.79 Å². The van der Waals surface area contributed by atoms with Crippen molar-refractivity contribution in [3.63, 3.8) is 0 Å². The number of pyridine rings is 1. The molecule has 0 amide bonds. The molecule has 3 nitrogen and oxygen atoms in total. The van der Waals surface area contributed by atoms with Crippen molar-refractivity contribution in [2.75, 3.05) is 6.54 Å². The fourth-order valence-electron chi connectivity index (χ4n) is 3.12. The van der Waals surface area contributed by atoms with Crippen molar-refractivity contribution in [1.29, 1.82) is 0 Å². The molecule has 1 aromatic heterocycles. The highest BCUT2D eigenvalue weighted by Crippen LogP contribution is 2.43. The van der Waals surface area contributed by atoms with E-state index in [0.717, 1.165) is 23.0 Å². The zero-order valence-electron chi connectivity index (χ0n) is 12.0. The van der Waals surface area contributed by atoms with Crippen LogP contribution in [0.5, 0.6) is 0 Å². The van der Waals surface area contributed by atoms with Crippen molar-refractivity contribution in [2.24, 2.45) is 5.41 Å². The van der Waals surface area contributed by atoms with E-state index >= 15 is 0 Å². The Morgan fingerprint density at radius 1 is 1.30 bits per heavy atom. The van der Waals surface area contributed by atoms with E-state index in [2.05, 4.69) is 17.2 Å². The van der Waals surface area contributed by atoms with Gasteiger partial charge in [-0.25, -0.2) is 0 Å². The predicted octanol–water partition coefficient (Wildman–Crippen LogP) is 3.20. The molecular formula is C17H22N2O. The molecule has 0 unspecified atom stereocenters. The number of fused-ring (bicyclic) bond motifs is 1. The number of aromatic amines is 1. The predicted molar refractivity (Wildman–Crippen MR) is 82.9 cm³/mol. The van der Waals surface area contributed by atoms with Gasteiger partial charge in [0, 0.05) is 24.2 Å². The number of H-pyrrole nitrogens is 1. The van der Waals surface area contributed by atoms with Crippen LogP contribution in [-0.4, -0.2) is 11.5 Å². The first-order chi connectivity index (χ1) is 9.72. The second-order valence-electron chi connectivity index (χ2n) is 6.02. The van der Waals surface area contributed by atoms with Gasteiger partial charge in [0.1, 0.15) is 0 Å². The Kier molecular flexibility index (Phi) is 3.62. The van der Waals surface area contributed by atoms with Gasteiger partial charge in [0.05, 0.1) is 0 Å². The third-order valence-corrected chi connectivity index (χ3v) is 4.81. The van der Waals surface area contributed by atoms with Crippen molar-refractivity contribution in [3.05, 3.63) is 46.2 Å². The molecule has 0 bridgehead atoms. The molecule has 1 fully saturated rings. The number of nitrogens with one attached hydrogen (secondary N) is 2. The minimum atomic E-state index is 0.0235. The lowest BCUT2D eigenvalue weighted by Crippen LogP contribution is -2.39. The third-order valence-electron chi connectivity index (χ3n) is 4.81. The standard InChI is InChI=1S/C17H22N2O/c1-2-17(8-5-9-17)12-18-11-14-10-13-6-3-4-7-15(13)19-16(14)20/h3-4,6-7,10,18H,2,5,8-9,11-12H2,1H3,(H,19,20). The minimum Gasteiger partial charge on any atom is -0.322 e. The molecule has 1 heterocycles. The molecule has 0 spiro atoms. The Labute approximate surface area is 119 Å². The normalized spacial score (nSPS) is 17.1. The maximum absolute atomic E-state index is 12.0. The van der Waals surface area contributed by atoms with Crippen molar-refractivity contribution in [2.45, 2.75) is 39.2 Å². The van der Waals surface area contributed by atoms with Crippen LogP contribution in [0, 0.1) is 5.41 Å². The Morgan fingerprint density at radius 2 is 2.10 bits per heavy atom. The van der Waals surface area contributed by atoms with Crippen LogP contribution in [-0.2, 0) is 6.54 Å². The SMILES string of the molecule is CCC1(CNCc2cc3ccccc3[nH]c2=O)CCC1. The molecule has 2 aromatic rings. The number of benzene rings is 1. The van der Waals surface area contributed by atoms with E-state index in [-0.39, 0.29) is 5.56 Å². The van der Waals surface area contributed by atoms with Crippen LogP contribution in [0.15, 0.2) is 35.1 Å². The van der Waals surface area contributed by atoms with Crippen LogP contribution in [0.1, 0.15) is 38.2 Å².